The molecule has 1 aromatic heterocycles. The molecule has 108 valence electrons. The Labute approximate surface area is 129 Å². The van der Waals surface area contributed by atoms with Gasteiger partial charge in [-0.25, -0.2) is 4.98 Å². The lowest BCUT2D eigenvalue weighted by atomic mass is 10.1. The molecule has 0 amide bonds. The van der Waals surface area contributed by atoms with Crippen molar-refractivity contribution in [2.24, 2.45) is 0 Å². The van der Waals surface area contributed by atoms with E-state index in [4.69, 9.17) is 0 Å². The monoisotopic (exact) mass is 307 g/mol. The molecule has 0 radical (unpaired) electrons. The number of hydrogen-bond acceptors (Lipinski definition) is 5. The van der Waals surface area contributed by atoms with Crippen LogP contribution in [0.15, 0.2) is 27.4 Å². The summed E-state index contributed by atoms with van der Waals surface area (Å²) in [6, 6.07) is 6.58. The lowest BCUT2D eigenvalue weighted by Gasteiger charge is -2.21. The largest absolute Gasteiger partial charge is 0.308 e. The standard InChI is InChI=1S/C15H21N3S2/c1-10-8-13(19-14-17-11(2)18-20-14)7-6-12(10)9-16-15(3,4)5/h6-8,16H,9H2,1-5H3. The van der Waals surface area contributed by atoms with Gasteiger partial charge in [0.15, 0.2) is 4.34 Å². The summed E-state index contributed by atoms with van der Waals surface area (Å²) in [4.78, 5) is 5.61. The SMILES string of the molecule is Cc1nsc(Sc2ccc(CNC(C)(C)C)c(C)c2)n1. The van der Waals surface area contributed by atoms with E-state index in [-0.39, 0.29) is 5.54 Å². The maximum absolute atomic E-state index is 4.38. The van der Waals surface area contributed by atoms with Crippen molar-refractivity contribution >= 4 is 23.3 Å². The Balaban J connectivity index is 2.05. The third-order valence-corrected chi connectivity index (χ3v) is 4.67. The molecule has 2 aromatic rings. The van der Waals surface area contributed by atoms with Crippen LogP contribution in [0.25, 0.3) is 0 Å². The van der Waals surface area contributed by atoms with E-state index < -0.39 is 0 Å². The van der Waals surface area contributed by atoms with Crippen LogP contribution < -0.4 is 5.32 Å². The molecule has 1 aromatic carbocycles. The van der Waals surface area contributed by atoms with Crippen molar-refractivity contribution in [2.45, 2.75) is 55.9 Å². The molecule has 0 spiro atoms. The molecule has 0 bridgehead atoms. The third-order valence-electron chi connectivity index (χ3n) is 2.84. The molecule has 2 rings (SSSR count). The summed E-state index contributed by atoms with van der Waals surface area (Å²) in [6.45, 7) is 11.5. The van der Waals surface area contributed by atoms with Crippen molar-refractivity contribution in [3.63, 3.8) is 0 Å². The van der Waals surface area contributed by atoms with E-state index in [0.717, 1.165) is 16.7 Å². The van der Waals surface area contributed by atoms with E-state index in [9.17, 15) is 0 Å². The van der Waals surface area contributed by atoms with Crippen molar-refractivity contribution in [3.05, 3.63) is 35.2 Å². The van der Waals surface area contributed by atoms with Crippen LogP contribution in [0.4, 0.5) is 0 Å². The highest BCUT2D eigenvalue weighted by atomic mass is 32.2. The second-order valence-corrected chi connectivity index (χ2v) is 7.97. The van der Waals surface area contributed by atoms with Gasteiger partial charge >= 0.3 is 0 Å². The van der Waals surface area contributed by atoms with E-state index in [2.05, 4.69) is 60.6 Å². The summed E-state index contributed by atoms with van der Waals surface area (Å²) in [7, 11) is 0. The van der Waals surface area contributed by atoms with Crippen LogP contribution >= 0.6 is 23.3 Å². The minimum Gasteiger partial charge on any atom is -0.308 e. The Morgan fingerprint density at radius 2 is 2.00 bits per heavy atom. The molecule has 0 atom stereocenters. The summed E-state index contributed by atoms with van der Waals surface area (Å²) in [6.07, 6.45) is 0. The number of rotatable bonds is 4. The molecule has 0 unspecified atom stereocenters. The summed E-state index contributed by atoms with van der Waals surface area (Å²) in [5.41, 5.74) is 2.80. The predicted molar refractivity (Wildman–Crippen MR) is 86.5 cm³/mol. The first-order valence-electron chi connectivity index (χ1n) is 6.66. The molecule has 3 nitrogen and oxygen atoms in total. The summed E-state index contributed by atoms with van der Waals surface area (Å²) < 4.78 is 5.21. The van der Waals surface area contributed by atoms with Gasteiger partial charge in [-0.1, -0.05) is 17.8 Å². The van der Waals surface area contributed by atoms with Gasteiger partial charge in [0.05, 0.1) is 0 Å². The first-order chi connectivity index (χ1) is 9.33. The van der Waals surface area contributed by atoms with Gasteiger partial charge < -0.3 is 5.32 Å². The average Bonchev–Trinajstić information content (AvgIpc) is 2.72. The van der Waals surface area contributed by atoms with Crippen molar-refractivity contribution in [2.75, 3.05) is 0 Å². The van der Waals surface area contributed by atoms with Gasteiger partial charge in [0, 0.05) is 17.0 Å². The number of benzene rings is 1. The fourth-order valence-electron chi connectivity index (χ4n) is 1.71. The molecular weight excluding hydrogens is 286 g/mol. The van der Waals surface area contributed by atoms with Crippen LogP contribution in [0.3, 0.4) is 0 Å². The Hall–Kier alpha value is -0.910. The lowest BCUT2D eigenvalue weighted by Crippen LogP contribution is -2.35. The molecule has 1 N–H and O–H groups in total. The maximum Gasteiger partial charge on any atom is 0.174 e. The zero-order chi connectivity index (χ0) is 14.8. The number of nitrogens with zero attached hydrogens (tertiary/aromatic N) is 2. The number of hydrogen-bond donors (Lipinski definition) is 1. The zero-order valence-corrected chi connectivity index (χ0v) is 14.3. The maximum atomic E-state index is 4.38. The molecule has 0 aliphatic heterocycles. The van der Waals surface area contributed by atoms with Crippen molar-refractivity contribution in [3.8, 4) is 0 Å². The van der Waals surface area contributed by atoms with Crippen molar-refractivity contribution in [1.82, 2.24) is 14.7 Å². The molecule has 0 fully saturated rings. The van der Waals surface area contributed by atoms with Gasteiger partial charge in [-0.05, 0) is 69.4 Å². The van der Waals surface area contributed by atoms with E-state index >= 15 is 0 Å². The van der Waals surface area contributed by atoms with Crippen molar-refractivity contribution < 1.29 is 0 Å². The van der Waals surface area contributed by atoms with Crippen LogP contribution in [0, 0.1) is 13.8 Å². The zero-order valence-electron chi connectivity index (χ0n) is 12.7. The molecule has 0 saturated carbocycles. The van der Waals surface area contributed by atoms with E-state index in [1.165, 1.54) is 27.6 Å². The molecule has 0 aliphatic rings. The average molecular weight is 307 g/mol. The van der Waals surface area contributed by atoms with Gasteiger partial charge in [0.1, 0.15) is 5.82 Å². The first-order valence-corrected chi connectivity index (χ1v) is 8.25. The minimum atomic E-state index is 0.143. The predicted octanol–water partition coefficient (Wildman–Crippen LogP) is 4.19. The van der Waals surface area contributed by atoms with E-state index in [0.29, 0.717) is 0 Å². The molecular formula is C15H21N3S2. The van der Waals surface area contributed by atoms with Crippen LogP contribution in [0.5, 0.6) is 0 Å². The smallest absolute Gasteiger partial charge is 0.174 e. The number of aromatic nitrogens is 2. The molecule has 0 saturated heterocycles. The fourth-order valence-corrected chi connectivity index (χ4v) is 3.44. The van der Waals surface area contributed by atoms with Crippen LogP contribution in [0.1, 0.15) is 37.7 Å². The summed E-state index contributed by atoms with van der Waals surface area (Å²) in [5.74, 6) is 0.847. The highest BCUT2D eigenvalue weighted by molar-refractivity contribution is 8.01. The molecule has 0 aliphatic carbocycles. The summed E-state index contributed by atoms with van der Waals surface area (Å²) in [5, 5.41) is 3.52. The molecule has 5 heteroatoms. The number of nitrogens with one attached hydrogen (secondary N) is 1. The Morgan fingerprint density at radius 3 is 2.55 bits per heavy atom. The highest BCUT2D eigenvalue weighted by Crippen LogP contribution is 2.30. The highest BCUT2D eigenvalue weighted by Gasteiger charge is 2.10. The second kappa shape index (κ2) is 6.24. The van der Waals surface area contributed by atoms with Gasteiger partial charge in [0.2, 0.25) is 0 Å². The normalized spacial score (nSPS) is 11.8. The molecule has 1 heterocycles. The van der Waals surface area contributed by atoms with Gasteiger partial charge in [-0.15, -0.1) is 0 Å². The van der Waals surface area contributed by atoms with Crippen molar-refractivity contribution in [1.29, 1.82) is 0 Å². The Kier molecular flexibility index (Phi) is 4.83. The Bertz CT molecular complexity index is 585. The number of aryl methyl sites for hydroxylation is 2. The van der Waals surface area contributed by atoms with Crippen LogP contribution in [0.2, 0.25) is 0 Å². The van der Waals surface area contributed by atoms with Gasteiger partial charge in [-0.2, -0.15) is 4.37 Å². The minimum absolute atomic E-state index is 0.143. The first kappa shape index (κ1) is 15.5. The van der Waals surface area contributed by atoms with E-state index in [1.54, 1.807) is 11.8 Å². The topological polar surface area (TPSA) is 37.8 Å². The lowest BCUT2D eigenvalue weighted by molar-refractivity contribution is 0.424. The quantitative estimate of drug-likeness (QED) is 0.919. The summed E-state index contributed by atoms with van der Waals surface area (Å²) >= 11 is 3.14. The fraction of sp³-hybridized carbons (Fsp3) is 0.467. The van der Waals surface area contributed by atoms with Gasteiger partial charge in [0.25, 0.3) is 0 Å². The molecule has 20 heavy (non-hydrogen) atoms. The van der Waals surface area contributed by atoms with E-state index in [1.807, 2.05) is 6.92 Å². The third kappa shape index (κ3) is 4.58. The van der Waals surface area contributed by atoms with Crippen LogP contribution in [-0.4, -0.2) is 14.9 Å². The van der Waals surface area contributed by atoms with Crippen LogP contribution in [-0.2, 0) is 6.54 Å². The Morgan fingerprint density at radius 1 is 1.25 bits per heavy atom. The van der Waals surface area contributed by atoms with Gasteiger partial charge in [-0.3, -0.25) is 0 Å². The second-order valence-electron chi connectivity index (χ2n) is 5.90.